The van der Waals surface area contributed by atoms with Crippen molar-refractivity contribution in [3.63, 3.8) is 0 Å². The van der Waals surface area contributed by atoms with E-state index >= 15 is 0 Å². The number of methoxy groups -OCH3 is 1. The number of ether oxygens (including phenoxy) is 2. The van der Waals surface area contributed by atoms with Crippen molar-refractivity contribution in [3.8, 4) is 0 Å². The summed E-state index contributed by atoms with van der Waals surface area (Å²) in [4.78, 5) is 2.52. The fourth-order valence-electron chi connectivity index (χ4n) is 3.77. The number of likely N-dealkylation sites (N-methyl/N-ethyl adjacent to an activating group) is 1. The van der Waals surface area contributed by atoms with E-state index in [4.69, 9.17) is 32.7 Å². The number of sulfone groups is 1. The lowest BCUT2D eigenvalue weighted by Gasteiger charge is -2.33. The number of nitrogens with zero attached hydrogens (tertiary/aromatic N) is 1. The van der Waals surface area contributed by atoms with Gasteiger partial charge in [-0.1, -0.05) is 35.3 Å². The molecule has 0 N–H and O–H groups in total. The minimum Gasteiger partial charge on any atom is -0.382 e. The molecule has 0 aliphatic carbocycles. The summed E-state index contributed by atoms with van der Waals surface area (Å²) < 4.78 is 36.0. The average Bonchev–Trinajstić information content (AvgIpc) is 2.71. The third kappa shape index (κ3) is 5.75. The van der Waals surface area contributed by atoms with E-state index in [1.165, 1.54) is 0 Å². The molecule has 0 aromatic heterocycles. The van der Waals surface area contributed by atoms with Crippen LogP contribution in [-0.4, -0.2) is 59.6 Å². The third-order valence-corrected chi connectivity index (χ3v) is 7.60. The van der Waals surface area contributed by atoms with Crippen LogP contribution in [0.2, 0.25) is 10.0 Å². The van der Waals surface area contributed by atoms with E-state index in [0.29, 0.717) is 41.2 Å². The maximum absolute atomic E-state index is 12.8. The largest absolute Gasteiger partial charge is 0.382 e. The highest BCUT2D eigenvalue weighted by Crippen LogP contribution is 2.38. The Morgan fingerprint density at radius 2 is 1.93 bits per heavy atom. The van der Waals surface area contributed by atoms with Crippen LogP contribution in [0.4, 0.5) is 0 Å². The Balaban J connectivity index is 1.81. The van der Waals surface area contributed by atoms with Crippen LogP contribution in [0.25, 0.3) is 0 Å². The van der Waals surface area contributed by atoms with Crippen molar-refractivity contribution in [2.45, 2.75) is 23.8 Å². The fourth-order valence-corrected chi connectivity index (χ4v) is 5.67. The van der Waals surface area contributed by atoms with Crippen LogP contribution in [0, 0.1) is 0 Å². The SMILES string of the molecule is COCCOCCCS(=O)(=O)c1cccc([C@@H]2CN(C)Cc3c(Cl)cc(Cl)cc32)c1. The minimum atomic E-state index is -3.40. The lowest BCUT2D eigenvalue weighted by molar-refractivity contribution is 0.0712. The second-order valence-corrected chi connectivity index (χ2v) is 10.5. The summed E-state index contributed by atoms with van der Waals surface area (Å²) in [6, 6.07) is 10.9. The van der Waals surface area contributed by atoms with E-state index in [2.05, 4.69) is 4.90 Å². The van der Waals surface area contributed by atoms with Gasteiger partial charge in [-0.3, -0.25) is 0 Å². The van der Waals surface area contributed by atoms with Gasteiger partial charge in [-0.05, 0) is 54.4 Å². The van der Waals surface area contributed by atoms with Gasteiger partial charge in [-0.2, -0.15) is 0 Å². The molecular formula is C22H27Cl2NO4S. The Kier molecular flexibility index (Phi) is 8.18. The standard InChI is InChI=1S/C22H27Cl2NO4S/c1-25-14-20(19-12-17(23)13-22(24)21(19)15-25)16-5-3-6-18(11-16)30(26,27)10-4-7-29-9-8-28-2/h3,5-6,11-13,20H,4,7-10,14-15H2,1-2H3/t20-/m0/s1. The molecule has 0 saturated heterocycles. The fraction of sp³-hybridized carbons (Fsp3) is 0.455. The summed E-state index contributed by atoms with van der Waals surface area (Å²) in [5, 5.41) is 1.23. The first-order valence-electron chi connectivity index (χ1n) is 9.87. The lowest BCUT2D eigenvalue weighted by Crippen LogP contribution is -2.31. The van der Waals surface area contributed by atoms with Gasteiger partial charge in [0.05, 0.1) is 23.9 Å². The molecule has 1 atom stereocenters. The predicted molar refractivity (Wildman–Crippen MR) is 120 cm³/mol. The van der Waals surface area contributed by atoms with Crippen molar-refractivity contribution < 1.29 is 17.9 Å². The van der Waals surface area contributed by atoms with Crippen LogP contribution in [-0.2, 0) is 25.9 Å². The second kappa shape index (κ2) is 10.4. The molecule has 0 unspecified atom stereocenters. The van der Waals surface area contributed by atoms with Crippen molar-refractivity contribution in [2.24, 2.45) is 0 Å². The summed E-state index contributed by atoms with van der Waals surface area (Å²) in [5.41, 5.74) is 3.05. The van der Waals surface area contributed by atoms with E-state index in [-0.39, 0.29) is 11.7 Å². The molecular weight excluding hydrogens is 445 g/mol. The van der Waals surface area contributed by atoms with E-state index in [1.54, 1.807) is 31.4 Å². The van der Waals surface area contributed by atoms with Crippen LogP contribution in [0.3, 0.4) is 0 Å². The summed E-state index contributed by atoms with van der Waals surface area (Å²) in [6.45, 7) is 2.86. The third-order valence-electron chi connectivity index (χ3n) is 5.25. The van der Waals surface area contributed by atoms with Gasteiger partial charge in [0.15, 0.2) is 9.84 Å². The van der Waals surface area contributed by atoms with Gasteiger partial charge < -0.3 is 14.4 Å². The smallest absolute Gasteiger partial charge is 0.178 e. The molecule has 30 heavy (non-hydrogen) atoms. The molecule has 0 radical (unpaired) electrons. The Labute approximate surface area is 188 Å². The average molecular weight is 472 g/mol. The second-order valence-electron chi connectivity index (χ2n) is 7.55. The monoisotopic (exact) mass is 471 g/mol. The van der Waals surface area contributed by atoms with Crippen LogP contribution in [0.5, 0.6) is 0 Å². The van der Waals surface area contributed by atoms with Crippen molar-refractivity contribution in [1.29, 1.82) is 0 Å². The van der Waals surface area contributed by atoms with E-state index < -0.39 is 9.84 Å². The molecule has 8 heteroatoms. The van der Waals surface area contributed by atoms with Crippen molar-refractivity contribution in [3.05, 3.63) is 63.1 Å². The number of hydrogen-bond acceptors (Lipinski definition) is 5. The molecule has 5 nitrogen and oxygen atoms in total. The number of hydrogen-bond donors (Lipinski definition) is 0. The Bertz CT molecular complexity index is 981. The minimum absolute atomic E-state index is 0.00229. The van der Waals surface area contributed by atoms with Gasteiger partial charge in [0.25, 0.3) is 0 Å². The van der Waals surface area contributed by atoms with Gasteiger partial charge in [0.1, 0.15) is 0 Å². The van der Waals surface area contributed by atoms with Gasteiger partial charge >= 0.3 is 0 Å². The maximum Gasteiger partial charge on any atom is 0.178 e. The van der Waals surface area contributed by atoms with Crippen molar-refractivity contribution in [1.82, 2.24) is 4.90 Å². The van der Waals surface area contributed by atoms with Crippen LogP contribution in [0.1, 0.15) is 29.0 Å². The number of rotatable bonds is 9. The summed E-state index contributed by atoms with van der Waals surface area (Å²) >= 11 is 12.7. The molecule has 3 rings (SSSR count). The molecule has 0 saturated carbocycles. The molecule has 0 fully saturated rings. The Morgan fingerprint density at radius 3 is 2.70 bits per heavy atom. The van der Waals surface area contributed by atoms with Gasteiger partial charge in [0.2, 0.25) is 0 Å². The molecule has 2 aromatic rings. The highest BCUT2D eigenvalue weighted by Gasteiger charge is 2.28. The summed E-state index contributed by atoms with van der Waals surface area (Å²) in [5.74, 6) is 0.0462. The zero-order chi connectivity index (χ0) is 21.7. The van der Waals surface area contributed by atoms with Gasteiger partial charge in [-0.25, -0.2) is 8.42 Å². The Hall–Kier alpha value is -1.15. The predicted octanol–water partition coefficient (Wildman–Crippen LogP) is 4.40. The van der Waals surface area contributed by atoms with E-state index in [0.717, 1.165) is 29.8 Å². The highest BCUT2D eigenvalue weighted by molar-refractivity contribution is 7.91. The topological polar surface area (TPSA) is 55.8 Å². The van der Waals surface area contributed by atoms with Gasteiger partial charge in [0, 0.05) is 42.8 Å². The molecule has 1 heterocycles. The normalized spacial score (nSPS) is 17.1. The first kappa shape index (κ1) is 23.5. The van der Waals surface area contributed by atoms with E-state index in [1.807, 2.05) is 19.2 Å². The van der Waals surface area contributed by atoms with Crippen LogP contribution >= 0.6 is 23.2 Å². The molecule has 2 aromatic carbocycles. The summed E-state index contributed by atoms with van der Waals surface area (Å²) in [6.07, 6.45) is 0.441. The van der Waals surface area contributed by atoms with E-state index in [9.17, 15) is 8.42 Å². The highest BCUT2D eigenvalue weighted by atomic mass is 35.5. The molecule has 0 amide bonds. The molecule has 1 aliphatic heterocycles. The Morgan fingerprint density at radius 1 is 1.13 bits per heavy atom. The van der Waals surface area contributed by atoms with Crippen molar-refractivity contribution >= 4 is 33.0 Å². The van der Waals surface area contributed by atoms with Crippen molar-refractivity contribution in [2.75, 3.05) is 46.3 Å². The van der Waals surface area contributed by atoms with Crippen LogP contribution < -0.4 is 0 Å². The molecule has 0 bridgehead atoms. The molecule has 164 valence electrons. The zero-order valence-corrected chi connectivity index (χ0v) is 19.6. The number of halogens is 2. The van der Waals surface area contributed by atoms with Crippen LogP contribution in [0.15, 0.2) is 41.3 Å². The summed E-state index contributed by atoms with van der Waals surface area (Å²) in [7, 11) is 0.237. The quantitative estimate of drug-likeness (QED) is 0.507. The lowest BCUT2D eigenvalue weighted by atomic mass is 9.85. The number of fused-ring (bicyclic) bond motifs is 1. The van der Waals surface area contributed by atoms with Gasteiger partial charge in [-0.15, -0.1) is 0 Å². The first-order chi connectivity index (χ1) is 14.3. The zero-order valence-electron chi connectivity index (χ0n) is 17.2. The maximum atomic E-state index is 12.8. The number of benzene rings is 2. The molecule has 1 aliphatic rings. The first-order valence-corrected chi connectivity index (χ1v) is 12.3. The molecule has 0 spiro atoms.